The molecule has 47 valence electrons. The molecule has 0 amide bonds. The van der Waals surface area contributed by atoms with Crippen molar-refractivity contribution in [2.24, 2.45) is 0 Å². The van der Waals surface area contributed by atoms with Gasteiger partial charge in [-0.15, -0.1) is 0 Å². The highest BCUT2D eigenvalue weighted by molar-refractivity contribution is 6.30. The summed E-state index contributed by atoms with van der Waals surface area (Å²) in [7, 11) is 0. The fraction of sp³-hybridized carbons (Fsp3) is 0. The lowest BCUT2D eigenvalue weighted by Crippen LogP contribution is -1.76. The van der Waals surface area contributed by atoms with Crippen LogP contribution in [0.4, 0.5) is 10.1 Å². The van der Waals surface area contributed by atoms with Gasteiger partial charge in [0, 0.05) is 5.02 Å². The molecule has 0 atom stereocenters. The standard InChI is InChI=1S/C6H4ClFN/c7-4-1-2-6(9)5(8)3-4/h1-3,9H. The van der Waals surface area contributed by atoms with Crippen molar-refractivity contribution in [1.29, 1.82) is 0 Å². The first-order valence-electron chi connectivity index (χ1n) is 2.37. The summed E-state index contributed by atoms with van der Waals surface area (Å²) >= 11 is 5.39. The van der Waals surface area contributed by atoms with Gasteiger partial charge in [0.2, 0.25) is 0 Å². The van der Waals surface area contributed by atoms with Crippen LogP contribution in [0, 0.1) is 5.82 Å². The summed E-state index contributed by atoms with van der Waals surface area (Å²) in [5.41, 5.74) is 6.76. The second-order valence-electron chi connectivity index (χ2n) is 1.62. The summed E-state index contributed by atoms with van der Waals surface area (Å²) < 4.78 is 12.3. The van der Waals surface area contributed by atoms with E-state index in [0.717, 1.165) is 6.07 Å². The zero-order chi connectivity index (χ0) is 6.85. The lowest BCUT2D eigenvalue weighted by Gasteiger charge is -1.92. The summed E-state index contributed by atoms with van der Waals surface area (Å²) in [6.45, 7) is 0. The van der Waals surface area contributed by atoms with Crippen molar-refractivity contribution in [3.05, 3.63) is 29.0 Å². The molecule has 0 aliphatic heterocycles. The summed E-state index contributed by atoms with van der Waals surface area (Å²) in [6.07, 6.45) is 0. The van der Waals surface area contributed by atoms with E-state index in [1.807, 2.05) is 0 Å². The Morgan fingerprint density at radius 3 is 2.56 bits per heavy atom. The van der Waals surface area contributed by atoms with Crippen molar-refractivity contribution in [2.45, 2.75) is 0 Å². The first-order chi connectivity index (χ1) is 4.20. The van der Waals surface area contributed by atoms with Gasteiger partial charge in [0.25, 0.3) is 0 Å². The predicted molar refractivity (Wildman–Crippen MR) is 34.2 cm³/mol. The first kappa shape index (κ1) is 6.36. The van der Waals surface area contributed by atoms with Crippen molar-refractivity contribution < 1.29 is 4.39 Å². The van der Waals surface area contributed by atoms with Crippen molar-refractivity contribution in [3.63, 3.8) is 0 Å². The Hall–Kier alpha value is -0.760. The summed E-state index contributed by atoms with van der Waals surface area (Å²) in [5, 5.41) is 0.323. The minimum atomic E-state index is -0.581. The van der Waals surface area contributed by atoms with E-state index in [1.165, 1.54) is 12.1 Å². The van der Waals surface area contributed by atoms with Gasteiger partial charge < -0.3 is 0 Å². The van der Waals surface area contributed by atoms with Gasteiger partial charge in [0.15, 0.2) is 0 Å². The molecule has 0 unspecified atom stereocenters. The Labute approximate surface area is 57.2 Å². The lowest BCUT2D eigenvalue weighted by atomic mass is 10.3. The number of benzene rings is 1. The van der Waals surface area contributed by atoms with Crippen LogP contribution in [0.3, 0.4) is 0 Å². The molecule has 1 nitrogen and oxygen atoms in total. The summed E-state index contributed by atoms with van der Waals surface area (Å²) in [4.78, 5) is 0. The molecule has 1 aromatic carbocycles. The molecule has 0 bridgehead atoms. The topological polar surface area (TPSA) is 23.8 Å². The van der Waals surface area contributed by atoms with Gasteiger partial charge in [-0.1, -0.05) is 11.6 Å². The molecule has 1 radical (unpaired) electrons. The zero-order valence-corrected chi connectivity index (χ0v) is 5.24. The second-order valence-corrected chi connectivity index (χ2v) is 2.06. The maximum atomic E-state index is 12.3. The quantitative estimate of drug-likeness (QED) is 0.534. The number of hydrogen-bond donors (Lipinski definition) is 0. The third-order valence-electron chi connectivity index (χ3n) is 0.931. The molecule has 1 aromatic rings. The molecule has 9 heavy (non-hydrogen) atoms. The third kappa shape index (κ3) is 1.33. The van der Waals surface area contributed by atoms with Crippen LogP contribution >= 0.6 is 11.6 Å². The zero-order valence-electron chi connectivity index (χ0n) is 4.49. The highest BCUT2D eigenvalue weighted by atomic mass is 35.5. The molecule has 0 aromatic heterocycles. The van der Waals surface area contributed by atoms with Gasteiger partial charge in [0.05, 0.1) is 5.69 Å². The molecule has 0 heterocycles. The molecule has 0 fully saturated rings. The average Bonchev–Trinajstić information content (AvgIpc) is 1.80. The molecule has 0 spiro atoms. The molecule has 3 heteroatoms. The molecule has 0 aliphatic rings. The first-order valence-corrected chi connectivity index (χ1v) is 2.74. The van der Waals surface area contributed by atoms with Gasteiger partial charge in [-0.2, -0.15) is 0 Å². The largest absolute Gasteiger partial charge is 0.298 e. The van der Waals surface area contributed by atoms with Gasteiger partial charge in [-0.05, 0) is 18.2 Å². The number of rotatable bonds is 0. The SMILES string of the molecule is [NH]c1ccc(Cl)cc1F. The van der Waals surface area contributed by atoms with Crippen molar-refractivity contribution >= 4 is 17.3 Å². The monoisotopic (exact) mass is 144 g/mol. The van der Waals surface area contributed by atoms with Gasteiger partial charge in [0.1, 0.15) is 5.82 Å². The van der Waals surface area contributed by atoms with E-state index in [-0.39, 0.29) is 5.69 Å². The van der Waals surface area contributed by atoms with E-state index in [0.29, 0.717) is 5.02 Å². The van der Waals surface area contributed by atoms with Crippen LogP contribution in [0.5, 0.6) is 0 Å². The molecule has 0 saturated carbocycles. The van der Waals surface area contributed by atoms with E-state index in [4.69, 9.17) is 17.3 Å². The Kier molecular flexibility index (Phi) is 1.58. The summed E-state index contributed by atoms with van der Waals surface area (Å²) in [6, 6.07) is 3.91. The smallest absolute Gasteiger partial charge is 0.149 e. The molecule has 1 rings (SSSR count). The predicted octanol–water partition coefficient (Wildman–Crippen LogP) is 2.39. The van der Waals surface area contributed by atoms with Crippen molar-refractivity contribution in [3.8, 4) is 0 Å². The minimum Gasteiger partial charge on any atom is -0.298 e. The van der Waals surface area contributed by atoms with Crippen molar-refractivity contribution in [2.75, 3.05) is 0 Å². The molecule has 1 N–H and O–H groups in total. The fourth-order valence-electron chi connectivity index (χ4n) is 0.489. The van der Waals surface area contributed by atoms with E-state index in [2.05, 4.69) is 0 Å². The normalized spacial score (nSPS) is 9.56. The lowest BCUT2D eigenvalue weighted by molar-refractivity contribution is 0.629. The maximum absolute atomic E-state index is 12.3. The van der Waals surface area contributed by atoms with E-state index in [1.54, 1.807) is 0 Å². The van der Waals surface area contributed by atoms with E-state index < -0.39 is 5.82 Å². The number of nitrogens with one attached hydrogen (secondary N) is 1. The van der Waals surface area contributed by atoms with Crippen LogP contribution in [0.2, 0.25) is 5.02 Å². The Morgan fingerprint density at radius 2 is 2.11 bits per heavy atom. The van der Waals surface area contributed by atoms with Crippen LogP contribution in [0.15, 0.2) is 18.2 Å². The number of halogens is 2. The molecule has 0 aliphatic carbocycles. The van der Waals surface area contributed by atoms with Crippen LogP contribution in [-0.4, -0.2) is 0 Å². The molecule has 0 saturated heterocycles. The molecular formula is C6H4ClFN. The van der Waals surface area contributed by atoms with Crippen molar-refractivity contribution in [1.82, 2.24) is 5.73 Å². The van der Waals surface area contributed by atoms with Gasteiger partial charge in [-0.25, -0.2) is 4.39 Å². The Morgan fingerprint density at radius 1 is 1.44 bits per heavy atom. The second kappa shape index (κ2) is 2.23. The highest BCUT2D eigenvalue weighted by Crippen LogP contribution is 2.16. The maximum Gasteiger partial charge on any atom is 0.149 e. The number of hydrogen-bond acceptors (Lipinski definition) is 0. The van der Waals surface area contributed by atoms with Crippen LogP contribution < -0.4 is 5.73 Å². The summed E-state index contributed by atoms with van der Waals surface area (Å²) in [5.74, 6) is -0.581. The fourth-order valence-corrected chi connectivity index (χ4v) is 0.648. The van der Waals surface area contributed by atoms with Crippen LogP contribution in [0.25, 0.3) is 0 Å². The van der Waals surface area contributed by atoms with E-state index in [9.17, 15) is 4.39 Å². The van der Waals surface area contributed by atoms with Gasteiger partial charge >= 0.3 is 0 Å². The van der Waals surface area contributed by atoms with E-state index >= 15 is 0 Å². The minimum absolute atomic E-state index is 0.126. The average molecular weight is 145 g/mol. The Bertz CT molecular complexity index is 224. The van der Waals surface area contributed by atoms with Crippen LogP contribution in [0.1, 0.15) is 0 Å². The Balaban J connectivity index is 3.17. The van der Waals surface area contributed by atoms with Gasteiger partial charge in [-0.3, -0.25) is 5.73 Å². The highest BCUT2D eigenvalue weighted by Gasteiger charge is 1.96. The van der Waals surface area contributed by atoms with Crippen LogP contribution in [-0.2, 0) is 0 Å². The molecular weight excluding hydrogens is 141 g/mol. The third-order valence-corrected chi connectivity index (χ3v) is 1.17.